The summed E-state index contributed by atoms with van der Waals surface area (Å²) in [6.07, 6.45) is 0.933. The standard InChI is InChI=1S/C12H16ClNO2S/c1-10-6-7-14(9-10)17(15,16)12-5-3-2-4-11(12)8-13/h2-5,10H,6-9H2,1H3. The maximum Gasteiger partial charge on any atom is 0.243 e. The minimum Gasteiger partial charge on any atom is -0.207 e. The molecule has 94 valence electrons. The lowest BCUT2D eigenvalue weighted by atomic mass is 10.2. The summed E-state index contributed by atoms with van der Waals surface area (Å²) in [6.45, 7) is 3.29. The molecule has 2 rings (SSSR count). The first-order valence-electron chi connectivity index (χ1n) is 5.69. The maximum absolute atomic E-state index is 12.4. The highest BCUT2D eigenvalue weighted by Gasteiger charge is 2.31. The fraction of sp³-hybridized carbons (Fsp3) is 0.500. The number of sulfonamides is 1. The van der Waals surface area contributed by atoms with Crippen LogP contribution in [0.5, 0.6) is 0 Å². The molecular weight excluding hydrogens is 258 g/mol. The summed E-state index contributed by atoms with van der Waals surface area (Å²) in [7, 11) is -3.37. The van der Waals surface area contributed by atoms with Gasteiger partial charge in [0.2, 0.25) is 10.0 Å². The predicted molar refractivity (Wildman–Crippen MR) is 68.5 cm³/mol. The second-order valence-corrected chi connectivity index (χ2v) is 6.67. The molecular formula is C12H16ClNO2S. The quantitative estimate of drug-likeness (QED) is 0.794. The highest BCUT2D eigenvalue weighted by molar-refractivity contribution is 7.89. The van der Waals surface area contributed by atoms with E-state index in [4.69, 9.17) is 11.6 Å². The Labute approximate surface area is 107 Å². The van der Waals surface area contributed by atoms with Crippen molar-refractivity contribution < 1.29 is 8.42 Å². The Morgan fingerprint density at radius 2 is 2.12 bits per heavy atom. The summed E-state index contributed by atoms with van der Waals surface area (Å²) in [4.78, 5) is 0.351. The number of rotatable bonds is 3. The third kappa shape index (κ3) is 2.49. The molecule has 0 radical (unpaired) electrons. The molecule has 1 atom stereocenters. The second kappa shape index (κ2) is 4.96. The van der Waals surface area contributed by atoms with E-state index in [0.717, 1.165) is 6.42 Å². The van der Waals surface area contributed by atoms with Crippen molar-refractivity contribution in [1.82, 2.24) is 4.31 Å². The fourth-order valence-electron chi connectivity index (χ4n) is 2.12. The smallest absolute Gasteiger partial charge is 0.207 e. The summed E-state index contributed by atoms with van der Waals surface area (Å²) in [6, 6.07) is 6.95. The van der Waals surface area contributed by atoms with Crippen LogP contribution in [0.25, 0.3) is 0 Å². The average Bonchev–Trinajstić information content (AvgIpc) is 2.76. The molecule has 0 aliphatic carbocycles. The number of benzene rings is 1. The third-order valence-corrected chi connectivity index (χ3v) is 5.37. The van der Waals surface area contributed by atoms with E-state index >= 15 is 0 Å². The normalized spacial score (nSPS) is 21.9. The fourth-order valence-corrected chi connectivity index (χ4v) is 4.23. The molecule has 1 unspecified atom stereocenters. The topological polar surface area (TPSA) is 37.4 Å². The first-order valence-corrected chi connectivity index (χ1v) is 7.67. The van der Waals surface area contributed by atoms with E-state index in [1.54, 1.807) is 22.5 Å². The zero-order valence-electron chi connectivity index (χ0n) is 9.77. The lowest BCUT2D eigenvalue weighted by Crippen LogP contribution is -2.29. The van der Waals surface area contributed by atoms with Crippen molar-refractivity contribution in [2.24, 2.45) is 5.92 Å². The molecule has 0 amide bonds. The monoisotopic (exact) mass is 273 g/mol. The van der Waals surface area contributed by atoms with Crippen molar-refractivity contribution >= 4 is 21.6 Å². The van der Waals surface area contributed by atoms with Gasteiger partial charge in [-0.05, 0) is 24.0 Å². The van der Waals surface area contributed by atoms with Gasteiger partial charge in [-0.15, -0.1) is 11.6 Å². The van der Waals surface area contributed by atoms with Gasteiger partial charge < -0.3 is 0 Å². The van der Waals surface area contributed by atoms with Crippen LogP contribution in [0.1, 0.15) is 18.9 Å². The largest absolute Gasteiger partial charge is 0.243 e. The number of nitrogens with zero attached hydrogens (tertiary/aromatic N) is 1. The lowest BCUT2D eigenvalue weighted by molar-refractivity contribution is 0.464. The van der Waals surface area contributed by atoms with E-state index in [9.17, 15) is 8.42 Å². The lowest BCUT2D eigenvalue weighted by Gasteiger charge is -2.17. The molecule has 0 bridgehead atoms. The zero-order chi connectivity index (χ0) is 12.5. The van der Waals surface area contributed by atoms with Crippen LogP contribution in [0.4, 0.5) is 0 Å². The van der Waals surface area contributed by atoms with Gasteiger partial charge >= 0.3 is 0 Å². The van der Waals surface area contributed by atoms with Crippen molar-refractivity contribution in [2.75, 3.05) is 13.1 Å². The minimum atomic E-state index is -3.37. The van der Waals surface area contributed by atoms with Gasteiger partial charge in [-0.25, -0.2) is 8.42 Å². The van der Waals surface area contributed by atoms with E-state index in [0.29, 0.717) is 29.5 Å². The highest BCUT2D eigenvalue weighted by Crippen LogP contribution is 2.26. The van der Waals surface area contributed by atoms with Crippen LogP contribution in [-0.4, -0.2) is 25.8 Å². The third-order valence-electron chi connectivity index (χ3n) is 3.12. The SMILES string of the molecule is CC1CCN(S(=O)(=O)c2ccccc2CCl)C1. The zero-order valence-corrected chi connectivity index (χ0v) is 11.3. The van der Waals surface area contributed by atoms with Gasteiger partial charge in [0.1, 0.15) is 0 Å². The number of alkyl halides is 1. The van der Waals surface area contributed by atoms with Crippen LogP contribution < -0.4 is 0 Å². The Morgan fingerprint density at radius 3 is 2.71 bits per heavy atom. The number of hydrogen-bond donors (Lipinski definition) is 0. The van der Waals surface area contributed by atoms with Crippen LogP contribution in [0.15, 0.2) is 29.2 Å². The Balaban J connectivity index is 2.38. The van der Waals surface area contributed by atoms with Crippen molar-refractivity contribution in [2.45, 2.75) is 24.1 Å². The molecule has 3 nitrogen and oxygen atoms in total. The summed E-state index contributed by atoms with van der Waals surface area (Å²) >= 11 is 5.79. The molecule has 0 saturated carbocycles. The van der Waals surface area contributed by atoms with E-state index in [1.807, 2.05) is 6.07 Å². The molecule has 17 heavy (non-hydrogen) atoms. The molecule has 1 aromatic rings. The first kappa shape index (κ1) is 12.9. The number of halogens is 1. The minimum absolute atomic E-state index is 0.221. The molecule has 1 heterocycles. The van der Waals surface area contributed by atoms with E-state index in [-0.39, 0.29) is 5.88 Å². The molecule has 1 aliphatic heterocycles. The first-order chi connectivity index (χ1) is 8.05. The van der Waals surface area contributed by atoms with Crippen LogP contribution in [0.2, 0.25) is 0 Å². The number of hydrogen-bond acceptors (Lipinski definition) is 2. The average molecular weight is 274 g/mol. The molecule has 0 aromatic heterocycles. The second-order valence-electron chi connectivity index (χ2n) is 4.50. The Hall–Kier alpha value is -0.580. The molecule has 5 heteroatoms. The van der Waals surface area contributed by atoms with Crippen molar-refractivity contribution in [3.05, 3.63) is 29.8 Å². The van der Waals surface area contributed by atoms with E-state index in [1.165, 1.54) is 0 Å². The Morgan fingerprint density at radius 1 is 1.41 bits per heavy atom. The van der Waals surface area contributed by atoms with Crippen LogP contribution in [0.3, 0.4) is 0 Å². The van der Waals surface area contributed by atoms with E-state index in [2.05, 4.69) is 6.92 Å². The van der Waals surface area contributed by atoms with Gasteiger partial charge in [-0.2, -0.15) is 4.31 Å². The van der Waals surface area contributed by atoms with Gasteiger partial charge in [0.15, 0.2) is 0 Å². The molecule has 1 aromatic carbocycles. The Bertz CT molecular complexity index is 501. The predicted octanol–water partition coefficient (Wildman–Crippen LogP) is 2.46. The summed E-state index contributed by atoms with van der Waals surface area (Å²) in [5.41, 5.74) is 0.675. The van der Waals surface area contributed by atoms with Crippen LogP contribution in [-0.2, 0) is 15.9 Å². The van der Waals surface area contributed by atoms with Gasteiger partial charge in [-0.3, -0.25) is 0 Å². The molecule has 0 spiro atoms. The molecule has 0 N–H and O–H groups in total. The highest BCUT2D eigenvalue weighted by atomic mass is 35.5. The Kier molecular flexibility index (Phi) is 3.76. The van der Waals surface area contributed by atoms with Gasteiger partial charge in [0.05, 0.1) is 4.90 Å². The molecule has 1 fully saturated rings. The summed E-state index contributed by atoms with van der Waals surface area (Å²) in [5.74, 6) is 0.659. The van der Waals surface area contributed by atoms with Crippen LogP contribution in [0, 0.1) is 5.92 Å². The molecule has 1 aliphatic rings. The van der Waals surface area contributed by atoms with Crippen molar-refractivity contribution in [3.8, 4) is 0 Å². The van der Waals surface area contributed by atoms with Crippen LogP contribution >= 0.6 is 11.6 Å². The van der Waals surface area contributed by atoms with Gasteiger partial charge in [-0.1, -0.05) is 25.1 Å². The van der Waals surface area contributed by atoms with E-state index < -0.39 is 10.0 Å². The van der Waals surface area contributed by atoms with Crippen molar-refractivity contribution in [3.63, 3.8) is 0 Å². The maximum atomic E-state index is 12.4. The summed E-state index contributed by atoms with van der Waals surface area (Å²) < 4.78 is 26.4. The van der Waals surface area contributed by atoms with Crippen molar-refractivity contribution in [1.29, 1.82) is 0 Å². The van der Waals surface area contributed by atoms with Gasteiger partial charge in [0.25, 0.3) is 0 Å². The molecule has 1 saturated heterocycles. The van der Waals surface area contributed by atoms with Gasteiger partial charge in [0, 0.05) is 19.0 Å². The summed E-state index contributed by atoms with van der Waals surface area (Å²) in [5, 5.41) is 0.